The molecule has 0 aliphatic rings. The van der Waals surface area contributed by atoms with E-state index in [0.29, 0.717) is 6.54 Å². The maximum absolute atomic E-state index is 13.5. The van der Waals surface area contributed by atoms with Crippen LogP contribution in [0.15, 0.2) is 42.9 Å². The van der Waals surface area contributed by atoms with Crippen molar-refractivity contribution in [2.24, 2.45) is 0 Å². The molecule has 2 heterocycles. The van der Waals surface area contributed by atoms with E-state index in [4.69, 9.17) is 0 Å². The topological polar surface area (TPSA) is 51.3 Å². The monoisotopic (exact) mass is 290 g/mol. The standard InChI is InChI=1S/C14H12F2N4O/c15-10-2-1-3-11(16)13(10)14(21)17-6-7-19-8-9-20-12(19)4-5-18-20/h1-5,8-9H,6-7H2,(H,17,21). The van der Waals surface area contributed by atoms with Gasteiger partial charge in [0, 0.05) is 31.5 Å². The van der Waals surface area contributed by atoms with Crippen molar-refractivity contribution in [3.63, 3.8) is 0 Å². The van der Waals surface area contributed by atoms with Crippen LogP contribution < -0.4 is 5.32 Å². The van der Waals surface area contributed by atoms with Gasteiger partial charge in [0.25, 0.3) is 5.91 Å². The quantitative estimate of drug-likeness (QED) is 0.797. The Kier molecular flexibility index (Phi) is 3.39. The Hall–Kier alpha value is -2.70. The number of benzene rings is 1. The highest BCUT2D eigenvalue weighted by Crippen LogP contribution is 2.11. The van der Waals surface area contributed by atoms with E-state index < -0.39 is 23.1 Å². The number of halogens is 2. The number of hydrogen-bond acceptors (Lipinski definition) is 2. The van der Waals surface area contributed by atoms with Crippen molar-refractivity contribution in [3.8, 4) is 0 Å². The second-order valence-electron chi connectivity index (χ2n) is 4.48. The van der Waals surface area contributed by atoms with Crippen LogP contribution in [0.1, 0.15) is 10.4 Å². The summed E-state index contributed by atoms with van der Waals surface area (Å²) in [5.41, 5.74) is 0.320. The summed E-state index contributed by atoms with van der Waals surface area (Å²) < 4.78 is 30.5. The van der Waals surface area contributed by atoms with Crippen molar-refractivity contribution >= 4 is 11.6 Å². The Morgan fingerprint density at radius 3 is 2.71 bits per heavy atom. The van der Waals surface area contributed by atoms with Gasteiger partial charge in [0.05, 0.1) is 6.20 Å². The normalized spacial score (nSPS) is 11.0. The molecule has 3 aromatic rings. The molecule has 1 N–H and O–H groups in total. The van der Waals surface area contributed by atoms with Crippen molar-refractivity contribution in [1.29, 1.82) is 0 Å². The molecule has 3 rings (SSSR count). The van der Waals surface area contributed by atoms with Gasteiger partial charge in [-0.3, -0.25) is 4.79 Å². The lowest BCUT2D eigenvalue weighted by Gasteiger charge is -2.08. The minimum absolute atomic E-state index is 0.252. The average Bonchev–Trinajstić information content (AvgIpc) is 3.03. The van der Waals surface area contributed by atoms with Gasteiger partial charge in [-0.25, -0.2) is 13.3 Å². The van der Waals surface area contributed by atoms with Gasteiger partial charge in [-0.1, -0.05) is 6.07 Å². The zero-order valence-corrected chi connectivity index (χ0v) is 11.0. The predicted molar refractivity (Wildman–Crippen MR) is 71.9 cm³/mol. The summed E-state index contributed by atoms with van der Waals surface area (Å²) in [5, 5.41) is 6.57. The van der Waals surface area contributed by atoms with E-state index in [-0.39, 0.29) is 6.54 Å². The molecule has 21 heavy (non-hydrogen) atoms. The molecule has 5 nitrogen and oxygen atoms in total. The van der Waals surface area contributed by atoms with Crippen LogP contribution in [0.2, 0.25) is 0 Å². The fourth-order valence-electron chi connectivity index (χ4n) is 2.15. The van der Waals surface area contributed by atoms with E-state index >= 15 is 0 Å². The summed E-state index contributed by atoms with van der Waals surface area (Å²) in [5.74, 6) is -2.50. The smallest absolute Gasteiger partial charge is 0.257 e. The summed E-state index contributed by atoms with van der Waals surface area (Å²) in [7, 11) is 0. The SMILES string of the molecule is O=C(NCCn1ccn2nccc12)c1c(F)cccc1F. The molecule has 0 aliphatic heterocycles. The van der Waals surface area contributed by atoms with Gasteiger partial charge in [-0.15, -0.1) is 0 Å². The summed E-state index contributed by atoms with van der Waals surface area (Å²) >= 11 is 0. The first kappa shape index (κ1) is 13.3. The lowest BCUT2D eigenvalue weighted by molar-refractivity contribution is 0.0944. The van der Waals surface area contributed by atoms with E-state index in [0.717, 1.165) is 17.8 Å². The third-order valence-electron chi connectivity index (χ3n) is 3.16. The van der Waals surface area contributed by atoms with Crippen LogP contribution in [-0.2, 0) is 6.54 Å². The number of nitrogens with zero attached hydrogens (tertiary/aromatic N) is 3. The molecule has 0 radical (unpaired) electrons. The molecule has 0 spiro atoms. The molecule has 2 aromatic heterocycles. The molecule has 108 valence electrons. The van der Waals surface area contributed by atoms with Crippen molar-refractivity contribution < 1.29 is 13.6 Å². The number of nitrogens with one attached hydrogen (secondary N) is 1. The molecule has 7 heteroatoms. The number of fused-ring (bicyclic) bond motifs is 1. The van der Waals surface area contributed by atoms with Crippen LogP contribution in [0.3, 0.4) is 0 Å². The van der Waals surface area contributed by atoms with Crippen molar-refractivity contribution in [3.05, 3.63) is 60.1 Å². The van der Waals surface area contributed by atoms with E-state index in [9.17, 15) is 13.6 Å². The van der Waals surface area contributed by atoms with Gasteiger partial charge in [-0.2, -0.15) is 5.10 Å². The number of amides is 1. The fourth-order valence-corrected chi connectivity index (χ4v) is 2.15. The van der Waals surface area contributed by atoms with Crippen LogP contribution in [0.5, 0.6) is 0 Å². The number of carbonyl (C=O) groups excluding carboxylic acids is 1. The van der Waals surface area contributed by atoms with E-state index in [1.807, 2.05) is 16.8 Å². The van der Waals surface area contributed by atoms with Crippen LogP contribution in [0.25, 0.3) is 5.65 Å². The summed E-state index contributed by atoms with van der Waals surface area (Å²) in [4.78, 5) is 11.8. The Morgan fingerprint density at radius 2 is 1.95 bits per heavy atom. The number of carbonyl (C=O) groups is 1. The minimum atomic E-state index is -0.869. The Labute approximate surface area is 118 Å². The summed E-state index contributed by atoms with van der Waals surface area (Å²) in [6, 6.07) is 5.16. The molecule has 0 aliphatic carbocycles. The number of hydrogen-bond donors (Lipinski definition) is 1. The van der Waals surface area contributed by atoms with Gasteiger partial charge in [0.1, 0.15) is 22.8 Å². The second-order valence-corrected chi connectivity index (χ2v) is 4.48. The first-order chi connectivity index (χ1) is 10.2. The molecule has 0 saturated heterocycles. The predicted octanol–water partition coefficient (Wildman–Crippen LogP) is 1.84. The fraction of sp³-hybridized carbons (Fsp3) is 0.143. The lowest BCUT2D eigenvalue weighted by Crippen LogP contribution is -2.28. The molecule has 0 saturated carbocycles. The molecule has 1 aromatic carbocycles. The van der Waals surface area contributed by atoms with E-state index in [1.54, 1.807) is 16.9 Å². The van der Waals surface area contributed by atoms with Gasteiger partial charge in [-0.05, 0) is 12.1 Å². The first-order valence-electron chi connectivity index (χ1n) is 6.37. The zero-order valence-electron chi connectivity index (χ0n) is 11.0. The molecule has 0 atom stereocenters. The third kappa shape index (κ3) is 2.49. The largest absolute Gasteiger partial charge is 0.350 e. The van der Waals surface area contributed by atoms with Crippen LogP contribution in [-0.4, -0.2) is 26.6 Å². The van der Waals surface area contributed by atoms with Crippen LogP contribution in [0, 0.1) is 11.6 Å². The van der Waals surface area contributed by atoms with E-state index in [2.05, 4.69) is 10.4 Å². The molecule has 1 amide bonds. The minimum Gasteiger partial charge on any atom is -0.350 e. The number of imidazole rings is 1. The zero-order chi connectivity index (χ0) is 14.8. The van der Waals surface area contributed by atoms with Crippen molar-refractivity contribution in [2.45, 2.75) is 6.54 Å². The highest BCUT2D eigenvalue weighted by Gasteiger charge is 2.16. The van der Waals surface area contributed by atoms with E-state index in [1.165, 1.54) is 6.07 Å². The van der Waals surface area contributed by atoms with Crippen molar-refractivity contribution in [1.82, 2.24) is 19.5 Å². The first-order valence-corrected chi connectivity index (χ1v) is 6.37. The molecule has 0 fully saturated rings. The highest BCUT2D eigenvalue weighted by molar-refractivity contribution is 5.94. The summed E-state index contributed by atoms with van der Waals surface area (Å²) in [6.07, 6.45) is 5.27. The second kappa shape index (κ2) is 5.35. The van der Waals surface area contributed by atoms with Gasteiger partial charge in [0.15, 0.2) is 0 Å². The molecular formula is C14H12F2N4O. The highest BCUT2D eigenvalue weighted by atomic mass is 19.1. The van der Waals surface area contributed by atoms with Gasteiger partial charge < -0.3 is 9.88 Å². The Balaban J connectivity index is 1.65. The van der Waals surface area contributed by atoms with Gasteiger partial charge in [0.2, 0.25) is 0 Å². The molecule has 0 bridgehead atoms. The van der Waals surface area contributed by atoms with Crippen LogP contribution >= 0.6 is 0 Å². The summed E-state index contributed by atoms with van der Waals surface area (Å²) in [6.45, 7) is 0.728. The molecular weight excluding hydrogens is 278 g/mol. The number of rotatable bonds is 4. The average molecular weight is 290 g/mol. The van der Waals surface area contributed by atoms with Gasteiger partial charge >= 0.3 is 0 Å². The molecule has 0 unspecified atom stereocenters. The maximum Gasteiger partial charge on any atom is 0.257 e. The maximum atomic E-state index is 13.5. The third-order valence-corrected chi connectivity index (χ3v) is 3.16. The lowest BCUT2D eigenvalue weighted by atomic mass is 10.2. The van der Waals surface area contributed by atoms with Crippen molar-refractivity contribution in [2.75, 3.05) is 6.54 Å². The Morgan fingerprint density at radius 1 is 1.19 bits per heavy atom. The number of aromatic nitrogens is 3. The Bertz CT molecular complexity index is 773. The van der Waals surface area contributed by atoms with Crippen LogP contribution in [0.4, 0.5) is 8.78 Å².